The van der Waals surface area contributed by atoms with Gasteiger partial charge >= 0.3 is 0 Å². The SMILES string of the molecule is C=C/C(=C\C=C/C)c1nc(CCCCCNC(=CCC)CSc2ccc(F)cc2)cs1. The highest BCUT2D eigenvalue weighted by atomic mass is 32.2. The smallest absolute Gasteiger partial charge is 0.123 e. The third-order valence-corrected chi connectivity index (χ3v) is 6.61. The number of thioether (sulfide) groups is 1. The maximum Gasteiger partial charge on any atom is 0.123 e. The molecule has 2 rings (SSSR count). The number of thiazole rings is 1. The van der Waals surface area contributed by atoms with Gasteiger partial charge in [-0.05, 0) is 56.9 Å². The maximum absolute atomic E-state index is 13.0. The molecule has 31 heavy (non-hydrogen) atoms. The number of rotatable bonds is 14. The molecule has 1 aromatic carbocycles. The predicted octanol–water partition coefficient (Wildman–Crippen LogP) is 7.82. The minimum atomic E-state index is -0.188. The molecule has 0 radical (unpaired) electrons. The maximum atomic E-state index is 13.0. The summed E-state index contributed by atoms with van der Waals surface area (Å²) >= 11 is 3.42. The molecule has 0 aliphatic rings. The second kappa shape index (κ2) is 14.8. The Morgan fingerprint density at radius 1 is 1.23 bits per heavy atom. The average molecular weight is 457 g/mol. The number of aryl methyl sites for hydroxylation is 1. The van der Waals surface area contributed by atoms with E-state index >= 15 is 0 Å². The second-order valence-corrected chi connectivity index (χ2v) is 9.02. The normalized spacial score (nSPS) is 12.5. The molecular weight excluding hydrogens is 423 g/mol. The Kier molecular flexibility index (Phi) is 12.0. The van der Waals surface area contributed by atoms with Crippen molar-refractivity contribution < 1.29 is 4.39 Å². The van der Waals surface area contributed by atoms with Crippen molar-refractivity contribution in [2.24, 2.45) is 0 Å². The summed E-state index contributed by atoms with van der Waals surface area (Å²) in [6.45, 7) is 9.03. The van der Waals surface area contributed by atoms with Crippen molar-refractivity contribution >= 4 is 28.7 Å². The van der Waals surface area contributed by atoms with Crippen LogP contribution in [0.1, 0.15) is 50.2 Å². The van der Waals surface area contributed by atoms with Crippen LogP contribution in [0.3, 0.4) is 0 Å². The van der Waals surface area contributed by atoms with E-state index in [9.17, 15) is 4.39 Å². The Morgan fingerprint density at radius 3 is 2.74 bits per heavy atom. The molecule has 0 saturated carbocycles. The van der Waals surface area contributed by atoms with Crippen molar-refractivity contribution in [3.63, 3.8) is 0 Å². The fourth-order valence-corrected chi connectivity index (χ4v) is 4.70. The van der Waals surface area contributed by atoms with Crippen molar-refractivity contribution in [1.29, 1.82) is 0 Å². The Bertz CT molecular complexity index is 879. The third-order valence-electron chi connectivity index (χ3n) is 4.61. The van der Waals surface area contributed by atoms with E-state index in [2.05, 4.69) is 36.4 Å². The molecule has 0 unspecified atom stereocenters. The summed E-state index contributed by atoms with van der Waals surface area (Å²) in [4.78, 5) is 5.85. The van der Waals surface area contributed by atoms with E-state index in [0.29, 0.717) is 0 Å². The Morgan fingerprint density at radius 2 is 2.03 bits per heavy atom. The molecule has 2 aromatic rings. The first-order chi connectivity index (χ1) is 15.2. The number of hydrogen-bond donors (Lipinski definition) is 1. The summed E-state index contributed by atoms with van der Waals surface area (Å²) in [7, 11) is 0. The number of aromatic nitrogens is 1. The molecule has 1 heterocycles. The van der Waals surface area contributed by atoms with Gasteiger partial charge in [0.15, 0.2) is 0 Å². The summed E-state index contributed by atoms with van der Waals surface area (Å²) in [5.41, 5.74) is 3.50. The second-order valence-electron chi connectivity index (χ2n) is 7.11. The molecule has 166 valence electrons. The first-order valence-electron chi connectivity index (χ1n) is 10.9. The molecule has 0 spiro atoms. The van der Waals surface area contributed by atoms with Gasteiger partial charge < -0.3 is 5.32 Å². The van der Waals surface area contributed by atoms with Crippen molar-refractivity contribution in [3.8, 4) is 0 Å². The van der Waals surface area contributed by atoms with E-state index in [1.54, 1.807) is 23.1 Å². The number of nitrogens with one attached hydrogen (secondary N) is 1. The van der Waals surface area contributed by atoms with E-state index in [0.717, 1.165) is 53.5 Å². The molecule has 0 fully saturated rings. The van der Waals surface area contributed by atoms with Crippen molar-refractivity contribution in [1.82, 2.24) is 10.3 Å². The van der Waals surface area contributed by atoms with Crippen LogP contribution in [0, 0.1) is 5.82 Å². The quantitative estimate of drug-likeness (QED) is 0.178. The lowest BCUT2D eigenvalue weighted by atomic mass is 10.1. The molecule has 5 heteroatoms. The van der Waals surface area contributed by atoms with Crippen LogP contribution in [0.25, 0.3) is 5.57 Å². The fraction of sp³-hybridized carbons (Fsp3) is 0.346. The van der Waals surface area contributed by atoms with Crippen LogP contribution in [0.2, 0.25) is 0 Å². The van der Waals surface area contributed by atoms with Gasteiger partial charge in [-0.3, -0.25) is 0 Å². The van der Waals surface area contributed by atoms with Gasteiger partial charge in [0, 0.05) is 33.8 Å². The summed E-state index contributed by atoms with van der Waals surface area (Å²) in [5.74, 6) is 0.694. The van der Waals surface area contributed by atoms with Gasteiger partial charge in [-0.25, -0.2) is 9.37 Å². The zero-order chi connectivity index (χ0) is 22.3. The summed E-state index contributed by atoms with van der Waals surface area (Å²) in [5, 5.41) is 6.78. The van der Waals surface area contributed by atoms with Crippen molar-refractivity contribution in [2.75, 3.05) is 12.3 Å². The van der Waals surface area contributed by atoms with Crippen molar-refractivity contribution in [2.45, 2.75) is 50.8 Å². The third kappa shape index (κ3) is 9.70. The van der Waals surface area contributed by atoms with Gasteiger partial charge in [-0.1, -0.05) is 50.3 Å². The largest absolute Gasteiger partial charge is 0.388 e. The fourth-order valence-electron chi connectivity index (χ4n) is 2.96. The number of hydrogen-bond acceptors (Lipinski definition) is 4. The van der Waals surface area contributed by atoms with Crippen LogP contribution in [0.5, 0.6) is 0 Å². The number of allylic oxidation sites excluding steroid dienone is 6. The highest BCUT2D eigenvalue weighted by Gasteiger charge is 2.05. The molecule has 0 aliphatic carbocycles. The standard InChI is InChI=1S/C26H33FN2S2/c1-4-7-12-21(6-3)26-29-24(20-31-26)13-9-8-10-18-28-23(11-5-2)19-30-25-16-14-22(27)15-17-25/h4,6-7,11-12,14-17,20,28H,3,5,8-10,13,18-19H2,1-2H3/b7-4-,21-12+,23-11?. The molecule has 0 aliphatic heterocycles. The summed E-state index contributed by atoms with van der Waals surface area (Å²) in [6.07, 6.45) is 15.7. The number of unbranched alkanes of at least 4 members (excludes halogenated alkanes) is 2. The number of nitrogens with zero attached hydrogens (tertiary/aromatic N) is 1. The van der Waals surface area contributed by atoms with Gasteiger partial charge in [0.05, 0.1) is 5.69 Å². The molecule has 0 bridgehead atoms. The monoisotopic (exact) mass is 456 g/mol. The Balaban J connectivity index is 1.68. The lowest BCUT2D eigenvalue weighted by molar-refractivity contribution is 0.626. The lowest BCUT2D eigenvalue weighted by Crippen LogP contribution is -2.16. The lowest BCUT2D eigenvalue weighted by Gasteiger charge is -2.11. The minimum Gasteiger partial charge on any atom is -0.388 e. The van der Waals surface area contributed by atoms with Crippen LogP contribution in [-0.4, -0.2) is 17.3 Å². The highest BCUT2D eigenvalue weighted by Crippen LogP contribution is 2.22. The van der Waals surface area contributed by atoms with E-state index < -0.39 is 0 Å². The van der Waals surface area contributed by atoms with Crippen molar-refractivity contribution in [3.05, 3.63) is 88.8 Å². The van der Waals surface area contributed by atoms with Gasteiger partial charge in [0.1, 0.15) is 10.8 Å². The molecule has 0 saturated heterocycles. The summed E-state index contributed by atoms with van der Waals surface area (Å²) in [6, 6.07) is 6.70. The van der Waals surface area contributed by atoms with E-state index in [-0.39, 0.29) is 5.82 Å². The van der Waals surface area contributed by atoms with Gasteiger partial charge in [-0.15, -0.1) is 23.1 Å². The first kappa shape index (κ1) is 25.2. The van der Waals surface area contributed by atoms with Gasteiger partial charge in [-0.2, -0.15) is 0 Å². The molecule has 2 nitrogen and oxygen atoms in total. The van der Waals surface area contributed by atoms with E-state index in [1.807, 2.05) is 37.3 Å². The van der Waals surface area contributed by atoms with Crippen LogP contribution < -0.4 is 5.32 Å². The first-order valence-corrected chi connectivity index (χ1v) is 12.7. The predicted molar refractivity (Wildman–Crippen MR) is 136 cm³/mol. The van der Waals surface area contributed by atoms with Crippen LogP contribution in [-0.2, 0) is 6.42 Å². The molecule has 0 atom stereocenters. The van der Waals surface area contributed by atoms with Gasteiger partial charge in [0.2, 0.25) is 0 Å². The van der Waals surface area contributed by atoms with E-state index in [1.165, 1.54) is 29.9 Å². The molecule has 1 aromatic heterocycles. The number of halogens is 1. The Labute approximate surface area is 195 Å². The number of benzene rings is 1. The Hall–Kier alpha value is -2.11. The van der Waals surface area contributed by atoms with Crippen LogP contribution >= 0.6 is 23.1 Å². The molecular formula is C26H33FN2S2. The minimum absolute atomic E-state index is 0.188. The van der Waals surface area contributed by atoms with Crippen LogP contribution in [0.4, 0.5) is 4.39 Å². The average Bonchev–Trinajstić information content (AvgIpc) is 3.24. The summed E-state index contributed by atoms with van der Waals surface area (Å²) < 4.78 is 13.0. The van der Waals surface area contributed by atoms with Crippen LogP contribution in [0.15, 0.2) is 77.2 Å². The highest BCUT2D eigenvalue weighted by molar-refractivity contribution is 7.99. The van der Waals surface area contributed by atoms with E-state index in [4.69, 9.17) is 4.98 Å². The molecule has 0 amide bonds. The zero-order valence-corrected chi connectivity index (χ0v) is 20.2. The topological polar surface area (TPSA) is 24.9 Å². The van der Waals surface area contributed by atoms with Gasteiger partial charge in [0.25, 0.3) is 0 Å². The zero-order valence-electron chi connectivity index (χ0n) is 18.6. The molecule has 1 N–H and O–H groups in total.